The van der Waals surface area contributed by atoms with Crippen LogP contribution in [0.4, 0.5) is 13.2 Å². The normalized spacial score (nSPS) is 11.4. The fraction of sp³-hybridized carbons (Fsp3) is 0.250. The molecular weight excluding hydrogens is 183 g/mol. The summed E-state index contributed by atoms with van der Waals surface area (Å²) < 4.78 is 38.7. The van der Waals surface area contributed by atoms with Gasteiger partial charge in [0.15, 0.2) is 0 Å². The lowest BCUT2D eigenvalue weighted by Gasteiger charge is -2.08. The Balaban J connectivity index is 2.70. The number of hydrogen-bond acceptors (Lipinski definition) is 1. The quantitative estimate of drug-likeness (QED) is 0.753. The highest BCUT2D eigenvalue weighted by molar-refractivity contribution is 5.26. The van der Waals surface area contributed by atoms with Crippen LogP contribution in [0.5, 0.6) is 5.75 Å². The van der Waals surface area contributed by atoms with Crippen LogP contribution in [-0.4, -0.2) is 6.36 Å². The summed E-state index contributed by atoms with van der Waals surface area (Å²) in [7, 11) is 0. The van der Waals surface area contributed by atoms with Gasteiger partial charge in [0, 0.05) is 5.56 Å². The molecule has 2 nitrogen and oxygen atoms in total. The molecule has 0 radical (unpaired) electrons. The monoisotopic (exact) mass is 192 g/mol. The third kappa shape index (κ3) is 3.33. The molecule has 1 aromatic carbocycles. The Hall–Kier alpha value is -1.23. The van der Waals surface area contributed by atoms with E-state index in [9.17, 15) is 13.2 Å². The number of halogens is 3. The standard InChI is InChI=1S/C8H8F3NO/c9-8(10,11)13-7-3-1-6(5-12)2-4-7/h1-4H,5,12H2/p+1. The number of benzene rings is 1. The summed E-state index contributed by atoms with van der Waals surface area (Å²) in [6.07, 6.45) is -4.62. The van der Waals surface area contributed by atoms with Gasteiger partial charge in [-0.1, -0.05) is 0 Å². The maximum Gasteiger partial charge on any atom is 0.573 e. The Kier molecular flexibility index (Phi) is 2.77. The van der Waals surface area contributed by atoms with Crippen molar-refractivity contribution in [2.45, 2.75) is 12.9 Å². The minimum Gasteiger partial charge on any atom is -0.406 e. The summed E-state index contributed by atoms with van der Waals surface area (Å²) in [5, 5.41) is 0. The largest absolute Gasteiger partial charge is 0.573 e. The van der Waals surface area contributed by atoms with Crippen molar-refractivity contribution in [2.24, 2.45) is 0 Å². The molecule has 0 bridgehead atoms. The molecule has 0 saturated carbocycles. The van der Waals surface area contributed by atoms with Crippen LogP contribution in [0.3, 0.4) is 0 Å². The van der Waals surface area contributed by atoms with Crippen LogP contribution in [0.1, 0.15) is 5.56 Å². The first kappa shape index (κ1) is 9.85. The van der Waals surface area contributed by atoms with Gasteiger partial charge >= 0.3 is 6.36 Å². The van der Waals surface area contributed by atoms with Crippen molar-refractivity contribution >= 4 is 0 Å². The summed E-state index contributed by atoms with van der Waals surface area (Å²) in [6.45, 7) is 0.548. The Morgan fingerprint density at radius 1 is 1.15 bits per heavy atom. The van der Waals surface area contributed by atoms with Crippen molar-refractivity contribution in [2.75, 3.05) is 0 Å². The average molecular weight is 192 g/mol. The van der Waals surface area contributed by atoms with Crippen LogP contribution in [-0.2, 0) is 6.54 Å². The molecule has 13 heavy (non-hydrogen) atoms. The predicted molar refractivity (Wildman–Crippen MR) is 39.7 cm³/mol. The van der Waals surface area contributed by atoms with Gasteiger partial charge in [-0.3, -0.25) is 0 Å². The summed E-state index contributed by atoms with van der Waals surface area (Å²) in [4.78, 5) is 0. The van der Waals surface area contributed by atoms with Crippen LogP contribution in [0.15, 0.2) is 24.3 Å². The number of hydrogen-bond donors (Lipinski definition) is 1. The first-order valence-corrected chi connectivity index (χ1v) is 3.65. The molecule has 3 N–H and O–H groups in total. The summed E-state index contributed by atoms with van der Waals surface area (Å²) >= 11 is 0. The predicted octanol–water partition coefficient (Wildman–Crippen LogP) is 1.33. The number of alkyl halides is 3. The molecule has 0 fully saturated rings. The van der Waals surface area contributed by atoms with Gasteiger partial charge in [0.1, 0.15) is 5.75 Å². The van der Waals surface area contributed by atoms with Gasteiger partial charge < -0.3 is 10.5 Å². The second kappa shape index (κ2) is 3.66. The molecule has 1 rings (SSSR count). The zero-order valence-corrected chi connectivity index (χ0v) is 6.77. The Morgan fingerprint density at radius 2 is 1.69 bits per heavy atom. The molecule has 0 unspecified atom stereocenters. The van der Waals surface area contributed by atoms with E-state index in [1.54, 1.807) is 12.1 Å². The van der Waals surface area contributed by atoms with Crippen molar-refractivity contribution < 1.29 is 23.6 Å². The topological polar surface area (TPSA) is 36.9 Å². The van der Waals surface area contributed by atoms with E-state index >= 15 is 0 Å². The van der Waals surface area contributed by atoms with Gasteiger partial charge in [-0.15, -0.1) is 13.2 Å². The summed E-state index contributed by atoms with van der Waals surface area (Å²) in [5.41, 5.74) is 4.47. The van der Waals surface area contributed by atoms with E-state index in [0.717, 1.165) is 5.56 Å². The number of quaternary nitrogens is 1. The van der Waals surface area contributed by atoms with E-state index in [1.165, 1.54) is 12.1 Å². The second-order valence-electron chi connectivity index (χ2n) is 2.44. The second-order valence-corrected chi connectivity index (χ2v) is 2.44. The number of ether oxygens (including phenoxy) is 1. The van der Waals surface area contributed by atoms with Crippen molar-refractivity contribution in [3.63, 3.8) is 0 Å². The molecule has 5 heteroatoms. The molecule has 0 aromatic heterocycles. The molecule has 0 saturated heterocycles. The molecule has 0 atom stereocenters. The van der Waals surface area contributed by atoms with Crippen LogP contribution in [0.25, 0.3) is 0 Å². The highest BCUT2D eigenvalue weighted by atomic mass is 19.4. The highest BCUT2D eigenvalue weighted by Gasteiger charge is 2.30. The van der Waals surface area contributed by atoms with Gasteiger partial charge in [-0.05, 0) is 24.3 Å². The minimum absolute atomic E-state index is 0.204. The van der Waals surface area contributed by atoms with E-state index in [4.69, 9.17) is 0 Å². The zero-order valence-electron chi connectivity index (χ0n) is 6.77. The Labute approximate surface area is 73.1 Å². The lowest BCUT2D eigenvalue weighted by molar-refractivity contribution is -0.386. The maximum atomic E-state index is 11.7. The third-order valence-electron chi connectivity index (χ3n) is 1.45. The Morgan fingerprint density at radius 3 is 2.08 bits per heavy atom. The molecule has 72 valence electrons. The SMILES string of the molecule is [NH3+]Cc1ccc(OC(F)(F)F)cc1. The lowest BCUT2D eigenvalue weighted by atomic mass is 10.2. The van der Waals surface area contributed by atoms with Crippen LogP contribution >= 0.6 is 0 Å². The van der Waals surface area contributed by atoms with E-state index in [1.807, 2.05) is 0 Å². The minimum atomic E-state index is -4.62. The molecule has 0 heterocycles. The summed E-state index contributed by atoms with van der Waals surface area (Å²) in [6, 6.07) is 5.64. The lowest BCUT2D eigenvalue weighted by Crippen LogP contribution is -2.47. The van der Waals surface area contributed by atoms with Crippen LogP contribution in [0.2, 0.25) is 0 Å². The van der Waals surface area contributed by atoms with Crippen LogP contribution < -0.4 is 10.5 Å². The van der Waals surface area contributed by atoms with E-state index in [0.29, 0.717) is 6.54 Å². The molecule has 0 amide bonds. The molecule has 1 aromatic rings. The van der Waals surface area contributed by atoms with Gasteiger partial charge in [-0.2, -0.15) is 0 Å². The third-order valence-corrected chi connectivity index (χ3v) is 1.45. The van der Waals surface area contributed by atoms with Crippen LogP contribution in [0, 0.1) is 0 Å². The number of rotatable bonds is 2. The van der Waals surface area contributed by atoms with Crippen molar-refractivity contribution in [1.29, 1.82) is 0 Å². The highest BCUT2D eigenvalue weighted by Crippen LogP contribution is 2.22. The molecule has 0 spiro atoms. The summed E-state index contributed by atoms with van der Waals surface area (Å²) in [5.74, 6) is -0.204. The smallest absolute Gasteiger partial charge is 0.406 e. The fourth-order valence-electron chi connectivity index (χ4n) is 0.858. The zero-order chi connectivity index (χ0) is 9.90. The van der Waals surface area contributed by atoms with Gasteiger partial charge in [0.05, 0.1) is 6.54 Å². The fourth-order valence-corrected chi connectivity index (χ4v) is 0.858. The molecular formula is C8H9F3NO+. The Bertz CT molecular complexity index is 268. The first-order chi connectivity index (χ1) is 6.01. The molecule has 0 aliphatic carbocycles. The van der Waals surface area contributed by atoms with E-state index in [-0.39, 0.29) is 5.75 Å². The van der Waals surface area contributed by atoms with Gasteiger partial charge in [-0.25, -0.2) is 0 Å². The molecule has 0 aliphatic heterocycles. The average Bonchev–Trinajstić information content (AvgIpc) is 2.03. The maximum absolute atomic E-state index is 11.7. The van der Waals surface area contributed by atoms with E-state index in [2.05, 4.69) is 10.5 Å². The van der Waals surface area contributed by atoms with Gasteiger partial charge in [0.2, 0.25) is 0 Å². The first-order valence-electron chi connectivity index (χ1n) is 3.65. The van der Waals surface area contributed by atoms with E-state index < -0.39 is 6.36 Å². The van der Waals surface area contributed by atoms with Gasteiger partial charge in [0.25, 0.3) is 0 Å². The van der Waals surface area contributed by atoms with Crippen molar-refractivity contribution in [3.05, 3.63) is 29.8 Å². The van der Waals surface area contributed by atoms with Crippen molar-refractivity contribution in [1.82, 2.24) is 0 Å². The molecule has 0 aliphatic rings. The van der Waals surface area contributed by atoms with Crippen molar-refractivity contribution in [3.8, 4) is 5.75 Å².